The Morgan fingerprint density at radius 1 is 1.39 bits per heavy atom. The first-order valence-electron chi connectivity index (χ1n) is 5.50. The Hall–Kier alpha value is -0.990. The molecule has 1 fully saturated rings. The topological polar surface area (TPSA) is 105 Å². The van der Waals surface area contributed by atoms with Crippen LogP contribution in [0.3, 0.4) is 0 Å². The zero-order chi connectivity index (χ0) is 13.9. The SMILES string of the molecule is C=C(C)C(=O)OC(C)OC1OC[C@@H](O)[C@H](O)[C@H]1O. The minimum atomic E-state index is -1.42. The van der Waals surface area contributed by atoms with Crippen LogP contribution in [0.15, 0.2) is 12.2 Å². The van der Waals surface area contributed by atoms with E-state index in [1.807, 2.05) is 0 Å². The quantitative estimate of drug-likeness (QED) is 0.336. The summed E-state index contributed by atoms with van der Waals surface area (Å²) in [7, 11) is 0. The van der Waals surface area contributed by atoms with Gasteiger partial charge in [0.1, 0.15) is 18.3 Å². The predicted molar refractivity (Wildman–Crippen MR) is 59.2 cm³/mol. The number of rotatable bonds is 4. The Kier molecular flexibility index (Phi) is 5.24. The van der Waals surface area contributed by atoms with Gasteiger partial charge in [-0.1, -0.05) is 6.58 Å². The number of carbonyl (C=O) groups is 1. The van der Waals surface area contributed by atoms with Crippen molar-refractivity contribution in [2.75, 3.05) is 6.61 Å². The lowest BCUT2D eigenvalue weighted by molar-refractivity contribution is -0.306. The number of hydrogen-bond donors (Lipinski definition) is 3. The molecule has 1 rings (SSSR count). The molecule has 0 bridgehead atoms. The Balaban J connectivity index is 2.47. The predicted octanol–water partition coefficient (Wildman–Crippen LogP) is -1.09. The largest absolute Gasteiger partial charge is 0.433 e. The molecule has 0 amide bonds. The van der Waals surface area contributed by atoms with Crippen molar-refractivity contribution in [2.45, 2.75) is 44.7 Å². The van der Waals surface area contributed by atoms with E-state index in [0.717, 1.165) is 0 Å². The Bertz CT molecular complexity index is 317. The lowest BCUT2D eigenvalue weighted by Gasteiger charge is -2.35. The number of ether oxygens (including phenoxy) is 3. The third kappa shape index (κ3) is 3.76. The van der Waals surface area contributed by atoms with E-state index in [0.29, 0.717) is 0 Å². The molecule has 1 saturated heterocycles. The molecule has 0 saturated carbocycles. The minimum Gasteiger partial charge on any atom is -0.433 e. The van der Waals surface area contributed by atoms with Crippen molar-refractivity contribution in [2.24, 2.45) is 0 Å². The normalized spacial score (nSPS) is 33.8. The number of esters is 1. The van der Waals surface area contributed by atoms with Gasteiger partial charge in [-0.05, 0) is 13.8 Å². The van der Waals surface area contributed by atoms with Crippen LogP contribution >= 0.6 is 0 Å². The fourth-order valence-electron chi connectivity index (χ4n) is 1.37. The van der Waals surface area contributed by atoms with Crippen LogP contribution in [0.5, 0.6) is 0 Å². The third-order valence-corrected chi connectivity index (χ3v) is 2.40. The average molecular weight is 262 g/mol. The van der Waals surface area contributed by atoms with E-state index in [2.05, 4.69) is 6.58 Å². The molecule has 5 atom stereocenters. The summed E-state index contributed by atoms with van der Waals surface area (Å²) < 4.78 is 14.9. The van der Waals surface area contributed by atoms with Crippen LogP contribution in [-0.2, 0) is 19.0 Å². The first-order valence-corrected chi connectivity index (χ1v) is 5.50. The van der Waals surface area contributed by atoms with Gasteiger partial charge in [0.05, 0.1) is 6.61 Å². The van der Waals surface area contributed by atoms with E-state index in [1.165, 1.54) is 13.8 Å². The summed E-state index contributed by atoms with van der Waals surface area (Å²) in [6.07, 6.45) is -6.10. The third-order valence-electron chi connectivity index (χ3n) is 2.40. The van der Waals surface area contributed by atoms with E-state index in [9.17, 15) is 20.1 Å². The van der Waals surface area contributed by atoms with Crippen molar-refractivity contribution < 1.29 is 34.3 Å². The van der Waals surface area contributed by atoms with E-state index in [4.69, 9.17) is 14.2 Å². The monoisotopic (exact) mass is 262 g/mol. The van der Waals surface area contributed by atoms with Crippen molar-refractivity contribution in [3.63, 3.8) is 0 Å². The van der Waals surface area contributed by atoms with E-state index < -0.39 is 36.9 Å². The van der Waals surface area contributed by atoms with Gasteiger partial charge in [-0.3, -0.25) is 0 Å². The van der Waals surface area contributed by atoms with E-state index >= 15 is 0 Å². The number of carbonyl (C=O) groups excluding carboxylic acids is 1. The first kappa shape index (κ1) is 15.1. The van der Waals surface area contributed by atoms with Gasteiger partial charge in [-0.2, -0.15) is 0 Å². The molecule has 1 heterocycles. The van der Waals surface area contributed by atoms with Crippen molar-refractivity contribution in [3.8, 4) is 0 Å². The van der Waals surface area contributed by atoms with Crippen molar-refractivity contribution >= 4 is 5.97 Å². The summed E-state index contributed by atoms with van der Waals surface area (Å²) >= 11 is 0. The van der Waals surface area contributed by atoms with Gasteiger partial charge in [0.2, 0.25) is 6.29 Å². The van der Waals surface area contributed by atoms with Gasteiger partial charge in [0.25, 0.3) is 0 Å². The molecule has 1 aliphatic rings. The second kappa shape index (κ2) is 6.26. The molecular formula is C11H18O7. The first-order chi connectivity index (χ1) is 8.32. The van der Waals surface area contributed by atoms with E-state index in [1.54, 1.807) is 0 Å². The Labute approximate surface area is 105 Å². The molecule has 7 nitrogen and oxygen atoms in total. The van der Waals surface area contributed by atoms with Crippen LogP contribution < -0.4 is 0 Å². The average Bonchev–Trinajstić information content (AvgIpc) is 2.29. The van der Waals surface area contributed by atoms with Gasteiger partial charge in [-0.25, -0.2) is 4.79 Å². The maximum Gasteiger partial charge on any atom is 0.335 e. The minimum absolute atomic E-state index is 0.177. The molecule has 2 unspecified atom stereocenters. The summed E-state index contributed by atoms with van der Waals surface area (Å²) in [6.45, 7) is 6.16. The molecule has 7 heteroatoms. The summed E-state index contributed by atoms with van der Waals surface area (Å²) in [5.74, 6) is -0.631. The lowest BCUT2D eigenvalue weighted by atomic mass is 10.1. The molecule has 3 N–H and O–H groups in total. The van der Waals surface area contributed by atoms with Gasteiger partial charge in [0, 0.05) is 5.57 Å². The molecule has 0 aliphatic carbocycles. The Morgan fingerprint density at radius 2 is 2.00 bits per heavy atom. The highest BCUT2D eigenvalue weighted by atomic mass is 16.8. The molecule has 0 aromatic carbocycles. The highest BCUT2D eigenvalue weighted by Crippen LogP contribution is 2.18. The van der Waals surface area contributed by atoms with Gasteiger partial charge >= 0.3 is 5.97 Å². The zero-order valence-electron chi connectivity index (χ0n) is 10.3. The molecule has 0 radical (unpaired) electrons. The highest BCUT2D eigenvalue weighted by Gasteiger charge is 2.39. The van der Waals surface area contributed by atoms with E-state index in [-0.39, 0.29) is 12.2 Å². The summed E-state index contributed by atoms with van der Waals surface area (Å²) in [5.41, 5.74) is 0.214. The molecule has 1 aliphatic heterocycles. The zero-order valence-corrected chi connectivity index (χ0v) is 10.3. The van der Waals surface area contributed by atoms with Crippen LogP contribution in [-0.4, -0.2) is 58.8 Å². The lowest BCUT2D eigenvalue weighted by Crippen LogP contribution is -2.54. The van der Waals surface area contributed by atoms with Crippen LogP contribution in [0.2, 0.25) is 0 Å². The van der Waals surface area contributed by atoms with Gasteiger partial charge in [0.15, 0.2) is 6.29 Å². The summed E-state index contributed by atoms with van der Waals surface area (Å²) in [6, 6.07) is 0. The molecule has 104 valence electrons. The fourth-order valence-corrected chi connectivity index (χ4v) is 1.37. The molecule has 18 heavy (non-hydrogen) atoms. The molecule has 0 aromatic heterocycles. The van der Waals surface area contributed by atoms with Crippen LogP contribution in [0.25, 0.3) is 0 Å². The second-order valence-electron chi connectivity index (χ2n) is 4.14. The van der Waals surface area contributed by atoms with Gasteiger partial charge < -0.3 is 29.5 Å². The Morgan fingerprint density at radius 3 is 2.56 bits per heavy atom. The summed E-state index contributed by atoms with van der Waals surface area (Å²) in [4.78, 5) is 11.2. The van der Waals surface area contributed by atoms with Crippen LogP contribution in [0.4, 0.5) is 0 Å². The maximum atomic E-state index is 11.2. The van der Waals surface area contributed by atoms with Crippen molar-refractivity contribution in [1.82, 2.24) is 0 Å². The number of aliphatic hydroxyl groups excluding tert-OH is 3. The molecular weight excluding hydrogens is 244 g/mol. The number of aliphatic hydroxyl groups is 3. The standard InChI is InChI=1S/C11H18O7/c1-5(2)10(15)17-6(3)18-11-9(14)8(13)7(12)4-16-11/h6-9,11-14H,1,4H2,2-3H3/t6?,7-,8+,9-,11?/m1/s1. The van der Waals surface area contributed by atoms with Crippen LogP contribution in [0, 0.1) is 0 Å². The summed E-state index contributed by atoms with van der Waals surface area (Å²) in [5, 5.41) is 28.2. The molecule has 0 spiro atoms. The van der Waals surface area contributed by atoms with Crippen molar-refractivity contribution in [1.29, 1.82) is 0 Å². The smallest absolute Gasteiger partial charge is 0.335 e. The maximum absolute atomic E-state index is 11.2. The van der Waals surface area contributed by atoms with Gasteiger partial charge in [-0.15, -0.1) is 0 Å². The fraction of sp³-hybridized carbons (Fsp3) is 0.727. The van der Waals surface area contributed by atoms with Crippen molar-refractivity contribution in [3.05, 3.63) is 12.2 Å². The second-order valence-corrected chi connectivity index (χ2v) is 4.14. The highest BCUT2D eigenvalue weighted by molar-refractivity contribution is 5.86. The molecule has 0 aromatic rings. The van der Waals surface area contributed by atoms with Crippen LogP contribution in [0.1, 0.15) is 13.8 Å². The number of hydrogen-bond acceptors (Lipinski definition) is 7.